The number of aromatic nitrogens is 4. The molecule has 21 heavy (non-hydrogen) atoms. The highest BCUT2D eigenvalue weighted by atomic mass is 16.5. The molecule has 1 fully saturated rings. The predicted octanol–water partition coefficient (Wildman–Crippen LogP) is 0.254. The van der Waals surface area contributed by atoms with Crippen molar-refractivity contribution in [2.45, 2.75) is 44.8 Å². The minimum Gasteiger partial charge on any atom is -0.473 e. The van der Waals surface area contributed by atoms with Crippen molar-refractivity contribution >= 4 is 11.2 Å². The van der Waals surface area contributed by atoms with Crippen LogP contribution in [0.1, 0.15) is 26.5 Å². The van der Waals surface area contributed by atoms with Gasteiger partial charge in [-0.1, -0.05) is 0 Å². The highest BCUT2D eigenvalue weighted by Crippen LogP contribution is 2.31. The van der Waals surface area contributed by atoms with Gasteiger partial charge in [0.15, 0.2) is 11.2 Å². The topological polar surface area (TPSA) is 103 Å². The van der Waals surface area contributed by atoms with E-state index >= 15 is 0 Å². The lowest BCUT2D eigenvalue weighted by Crippen LogP contribution is -2.24. The van der Waals surface area contributed by atoms with Crippen LogP contribution in [0, 0.1) is 0 Å². The first-order valence-corrected chi connectivity index (χ1v) is 6.88. The first kappa shape index (κ1) is 14.2. The van der Waals surface area contributed by atoms with Crippen LogP contribution in [0.15, 0.2) is 12.7 Å². The second kappa shape index (κ2) is 5.55. The second-order valence-corrected chi connectivity index (χ2v) is 5.28. The molecule has 1 saturated heterocycles. The van der Waals surface area contributed by atoms with E-state index in [0.717, 1.165) is 0 Å². The summed E-state index contributed by atoms with van der Waals surface area (Å²) in [6, 6.07) is 0. The Bertz CT molecular complexity index is 630. The monoisotopic (exact) mass is 294 g/mol. The maximum atomic E-state index is 9.83. The van der Waals surface area contributed by atoms with Gasteiger partial charge in [0.1, 0.15) is 18.7 Å². The molecule has 2 aromatic rings. The van der Waals surface area contributed by atoms with Crippen LogP contribution in [0.4, 0.5) is 0 Å². The maximum absolute atomic E-state index is 9.83. The molecule has 1 aliphatic rings. The Balaban J connectivity index is 1.94. The van der Waals surface area contributed by atoms with E-state index in [1.807, 2.05) is 13.8 Å². The molecular weight excluding hydrogens is 276 g/mol. The van der Waals surface area contributed by atoms with E-state index in [1.165, 1.54) is 6.33 Å². The van der Waals surface area contributed by atoms with Gasteiger partial charge in [0.2, 0.25) is 5.88 Å². The number of hydrogen-bond acceptors (Lipinski definition) is 7. The van der Waals surface area contributed by atoms with Gasteiger partial charge in [0.25, 0.3) is 0 Å². The molecule has 0 radical (unpaired) electrons. The summed E-state index contributed by atoms with van der Waals surface area (Å²) >= 11 is 0. The smallest absolute Gasteiger partial charge is 0.245 e. The summed E-state index contributed by atoms with van der Waals surface area (Å²) in [5.41, 5.74) is 1.13. The number of hydrogen-bond donors (Lipinski definition) is 2. The van der Waals surface area contributed by atoms with Crippen LogP contribution in [-0.2, 0) is 4.74 Å². The van der Waals surface area contributed by atoms with Gasteiger partial charge in [0.05, 0.1) is 25.1 Å². The van der Waals surface area contributed by atoms with Crippen molar-refractivity contribution < 1.29 is 19.7 Å². The summed E-state index contributed by atoms with van der Waals surface area (Å²) in [6.07, 6.45) is 1.66. The fraction of sp³-hybridized carbons (Fsp3) is 0.615. The summed E-state index contributed by atoms with van der Waals surface area (Å²) in [4.78, 5) is 12.6. The van der Waals surface area contributed by atoms with Gasteiger partial charge in [-0.15, -0.1) is 0 Å². The Hall–Kier alpha value is -1.77. The highest BCUT2D eigenvalue weighted by Gasteiger charge is 2.35. The molecule has 8 heteroatoms. The zero-order valence-electron chi connectivity index (χ0n) is 11.9. The Morgan fingerprint density at radius 1 is 1.43 bits per heavy atom. The fourth-order valence-corrected chi connectivity index (χ4v) is 2.40. The van der Waals surface area contributed by atoms with Gasteiger partial charge in [-0.2, -0.15) is 4.98 Å². The summed E-state index contributed by atoms with van der Waals surface area (Å²) in [7, 11) is 0. The first-order valence-electron chi connectivity index (χ1n) is 6.88. The molecule has 3 atom stereocenters. The second-order valence-electron chi connectivity index (χ2n) is 5.28. The summed E-state index contributed by atoms with van der Waals surface area (Å²) in [6.45, 7) is 3.60. The average Bonchev–Trinajstić information content (AvgIpc) is 3.02. The molecule has 2 N–H and O–H groups in total. The summed E-state index contributed by atoms with van der Waals surface area (Å²) in [5.74, 6) is 0.422. The first-order chi connectivity index (χ1) is 10.1. The lowest BCUT2D eigenvalue weighted by molar-refractivity contribution is -0.0432. The molecule has 3 heterocycles. The third kappa shape index (κ3) is 2.57. The van der Waals surface area contributed by atoms with E-state index in [0.29, 0.717) is 23.5 Å². The zero-order chi connectivity index (χ0) is 15.0. The molecule has 0 spiro atoms. The van der Waals surface area contributed by atoms with E-state index in [9.17, 15) is 5.11 Å². The van der Waals surface area contributed by atoms with Crippen LogP contribution >= 0.6 is 0 Å². The molecule has 0 aromatic carbocycles. The van der Waals surface area contributed by atoms with E-state index in [1.54, 1.807) is 10.9 Å². The normalized spacial score (nSPS) is 25.9. The number of rotatable bonds is 4. The van der Waals surface area contributed by atoms with Gasteiger partial charge < -0.3 is 19.7 Å². The average molecular weight is 294 g/mol. The van der Waals surface area contributed by atoms with E-state index in [-0.39, 0.29) is 12.7 Å². The number of aliphatic hydroxyl groups is 2. The van der Waals surface area contributed by atoms with Crippen LogP contribution in [0.2, 0.25) is 0 Å². The SMILES string of the molecule is CC(C)Oc1ncnc2c1ncn2[C@H]1CC(O)[C@@H](CO)O1. The number of aliphatic hydroxyl groups excluding tert-OH is 2. The van der Waals surface area contributed by atoms with E-state index in [4.69, 9.17) is 14.6 Å². The van der Waals surface area contributed by atoms with E-state index < -0.39 is 18.4 Å². The summed E-state index contributed by atoms with van der Waals surface area (Å²) < 4.78 is 13.0. The molecule has 0 saturated carbocycles. The molecular formula is C13H18N4O4. The predicted molar refractivity (Wildman–Crippen MR) is 72.7 cm³/mol. The van der Waals surface area contributed by atoms with Crippen LogP contribution < -0.4 is 4.74 Å². The third-order valence-corrected chi connectivity index (χ3v) is 3.37. The van der Waals surface area contributed by atoms with Gasteiger partial charge in [0, 0.05) is 6.42 Å². The zero-order valence-corrected chi connectivity index (χ0v) is 11.9. The molecule has 8 nitrogen and oxygen atoms in total. The van der Waals surface area contributed by atoms with Gasteiger partial charge in [-0.3, -0.25) is 4.57 Å². The largest absolute Gasteiger partial charge is 0.473 e. The molecule has 114 valence electrons. The van der Waals surface area contributed by atoms with Crippen molar-refractivity contribution in [2.24, 2.45) is 0 Å². The molecule has 1 aliphatic heterocycles. The van der Waals surface area contributed by atoms with Crippen molar-refractivity contribution in [3.8, 4) is 5.88 Å². The van der Waals surface area contributed by atoms with Crippen LogP contribution in [0.5, 0.6) is 5.88 Å². The molecule has 2 aromatic heterocycles. The third-order valence-electron chi connectivity index (χ3n) is 3.37. The minimum atomic E-state index is -0.703. The van der Waals surface area contributed by atoms with Crippen molar-refractivity contribution in [1.82, 2.24) is 19.5 Å². The Morgan fingerprint density at radius 2 is 2.24 bits per heavy atom. The number of fused-ring (bicyclic) bond motifs is 1. The fourth-order valence-electron chi connectivity index (χ4n) is 2.40. The quantitative estimate of drug-likeness (QED) is 0.833. The van der Waals surface area contributed by atoms with Crippen molar-refractivity contribution in [3.05, 3.63) is 12.7 Å². The van der Waals surface area contributed by atoms with E-state index in [2.05, 4.69) is 15.0 Å². The minimum absolute atomic E-state index is 0.0171. The van der Waals surface area contributed by atoms with Crippen LogP contribution in [0.25, 0.3) is 11.2 Å². The number of nitrogens with zero attached hydrogens (tertiary/aromatic N) is 4. The van der Waals surface area contributed by atoms with Crippen molar-refractivity contribution in [3.63, 3.8) is 0 Å². The lowest BCUT2D eigenvalue weighted by Gasteiger charge is -2.14. The standard InChI is InChI=1S/C13H18N4O4/c1-7(2)20-13-11-12(14-5-15-13)17(6-16-11)10-3-8(19)9(4-18)21-10/h5-10,18-19H,3-4H2,1-2H3/t8?,9-,10-/m1/s1. The molecule has 3 rings (SSSR count). The van der Waals surface area contributed by atoms with Gasteiger partial charge >= 0.3 is 0 Å². The number of ether oxygens (including phenoxy) is 2. The van der Waals surface area contributed by atoms with Crippen molar-refractivity contribution in [1.29, 1.82) is 0 Å². The molecule has 0 bridgehead atoms. The Kier molecular flexibility index (Phi) is 3.75. The van der Waals surface area contributed by atoms with Gasteiger partial charge in [-0.25, -0.2) is 9.97 Å². The van der Waals surface area contributed by atoms with Gasteiger partial charge in [-0.05, 0) is 13.8 Å². The Morgan fingerprint density at radius 3 is 2.90 bits per heavy atom. The van der Waals surface area contributed by atoms with Crippen LogP contribution in [0.3, 0.4) is 0 Å². The lowest BCUT2D eigenvalue weighted by atomic mass is 10.2. The van der Waals surface area contributed by atoms with Crippen molar-refractivity contribution in [2.75, 3.05) is 6.61 Å². The maximum Gasteiger partial charge on any atom is 0.245 e. The molecule has 0 aliphatic carbocycles. The molecule has 1 unspecified atom stereocenters. The number of imidazole rings is 1. The van der Waals surface area contributed by atoms with Crippen LogP contribution in [-0.4, -0.2) is 54.7 Å². The summed E-state index contributed by atoms with van der Waals surface area (Å²) in [5, 5.41) is 19.0. The molecule has 0 amide bonds. The highest BCUT2D eigenvalue weighted by molar-refractivity contribution is 5.76. The Labute approximate surface area is 121 Å².